The third kappa shape index (κ3) is 3.06. The molecule has 8 heteroatoms. The van der Waals surface area contributed by atoms with Crippen molar-refractivity contribution in [3.8, 4) is 0 Å². The molecule has 0 spiro atoms. The van der Waals surface area contributed by atoms with Crippen LogP contribution in [0.4, 0.5) is 0 Å². The first kappa shape index (κ1) is 14.0. The van der Waals surface area contributed by atoms with Gasteiger partial charge in [-0.1, -0.05) is 0 Å². The summed E-state index contributed by atoms with van der Waals surface area (Å²) in [5.41, 5.74) is 1.75. The predicted octanol–water partition coefficient (Wildman–Crippen LogP) is 0.200. The third-order valence-electron chi connectivity index (χ3n) is 3.66. The summed E-state index contributed by atoms with van der Waals surface area (Å²) in [5, 5.41) is 6.02. The monoisotopic (exact) mass is 308 g/mol. The fraction of sp³-hybridized carbons (Fsp3) is 0.385. The van der Waals surface area contributed by atoms with Crippen LogP contribution in [0.2, 0.25) is 0 Å². The summed E-state index contributed by atoms with van der Waals surface area (Å²) >= 11 is 0. The second-order valence-corrected chi connectivity index (χ2v) is 7.05. The van der Waals surface area contributed by atoms with Gasteiger partial charge in [-0.2, -0.15) is 0 Å². The van der Waals surface area contributed by atoms with E-state index in [1.165, 1.54) is 0 Å². The highest BCUT2D eigenvalue weighted by molar-refractivity contribution is 7.89. The number of likely N-dealkylation sites (tertiary alicyclic amines) is 1. The summed E-state index contributed by atoms with van der Waals surface area (Å²) in [6, 6.07) is 3.78. The number of H-pyrrole nitrogens is 1. The summed E-state index contributed by atoms with van der Waals surface area (Å²) in [7, 11) is -3.55. The number of carbonyl (C=O) groups is 1. The molecule has 3 N–H and O–H groups in total. The number of fused-ring (bicyclic) bond motifs is 1. The van der Waals surface area contributed by atoms with Crippen molar-refractivity contribution >= 4 is 27.0 Å². The lowest BCUT2D eigenvalue weighted by molar-refractivity contribution is -0.128. The van der Waals surface area contributed by atoms with Gasteiger partial charge in [0.15, 0.2) is 0 Å². The largest absolute Gasteiger partial charge is 0.346 e. The number of nitrogens with zero attached hydrogens (tertiary/aromatic N) is 2. The minimum Gasteiger partial charge on any atom is -0.346 e. The molecule has 1 amide bonds. The van der Waals surface area contributed by atoms with E-state index in [9.17, 15) is 13.2 Å². The molecule has 0 bridgehead atoms. The number of rotatable bonds is 4. The number of primary sulfonamides is 1. The molecule has 1 fully saturated rings. The minimum absolute atomic E-state index is 0.0399. The lowest BCUT2D eigenvalue weighted by Crippen LogP contribution is -2.27. The molecular formula is C13H16N4O3S. The van der Waals surface area contributed by atoms with Crippen LogP contribution in [0.25, 0.3) is 11.0 Å². The molecule has 3 rings (SSSR count). The minimum atomic E-state index is -3.55. The van der Waals surface area contributed by atoms with Crippen LogP contribution >= 0.6 is 0 Å². The van der Waals surface area contributed by atoms with E-state index >= 15 is 0 Å². The SMILES string of the molecule is NS(=O)(=O)CC1CC(=O)N(Cc2c[nH]c3ncccc23)C1. The lowest BCUT2D eigenvalue weighted by atomic mass is 10.1. The van der Waals surface area contributed by atoms with Gasteiger partial charge in [0.2, 0.25) is 15.9 Å². The van der Waals surface area contributed by atoms with Crippen molar-refractivity contribution < 1.29 is 13.2 Å². The molecule has 1 unspecified atom stereocenters. The number of carbonyl (C=O) groups excluding carboxylic acids is 1. The first-order valence-corrected chi connectivity index (χ1v) is 8.33. The molecule has 2 aromatic rings. The third-order valence-corrected chi connectivity index (χ3v) is 4.60. The second-order valence-electron chi connectivity index (χ2n) is 5.39. The standard InChI is InChI=1S/C13H16N4O3S/c14-21(19,20)8-9-4-12(18)17(6-9)7-10-5-16-13-11(10)2-1-3-15-13/h1-3,5,9H,4,6-8H2,(H,15,16)(H2,14,19,20). The Morgan fingerprint density at radius 1 is 1.48 bits per heavy atom. The Labute approximate surface area is 122 Å². The van der Waals surface area contributed by atoms with E-state index in [2.05, 4.69) is 9.97 Å². The quantitative estimate of drug-likeness (QED) is 0.840. The van der Waals surface area contributed by atoms with Crippen molar-refractivity contribution in [2.75, 3.05) is 12.3 Å². The highest BCUT2D eigenvalue weighted by Gasteiger charge is 2.32. The van der Waals surface area contributed by atoms with Crippen LogP contribution in [0.3, 0.4) is 0 Å². The number of aromatic amines is 1. The van der Waals surface area contributed by atoms with E-state index in [0.717, 1.165) is 16.6 Å². The average molecular weight is 308 g/mol. The first-order chi connectivity index (χ1) is 9.92. The van der Waals surface area contributed by atoms with Crippen molar-refractivity contribution in [2.24, 2.45) is 11.1 Å². The zero-order chi connectivity index (χ0) is 15.0. The normalized spacial score (nSPS) is 19.6. The number of hydrogen-bond acceptors (Lipinski definition) is 4. The van der Waals surface area contributed by atoms with Gasteiger partial charge in [-0.3, -0.25) is 4.79 Å². The van der Waals surface area contributed by atoms with E-state index < -0.39 is 10.0 Å². The van der Waals surface area contributed by atoms with Crippen LogP contribution in [0.15, 0.2) is 24.5 Å². The van der Waals surface area contributed by atoms with Gasteiger partial charge in [-0.15, -0.1) is 0 Å². The highest BCUT2D eigenvalue weighted by atomic mass is 32.2. The molecule has 1 atom stereocenters. The maximum Gasteiger partial charge on any atom is 0.223 e. The van der Waals surface area contributed by atoms with E-state index in [4.69, 9.17) is 5.14 Å². The summed E-state index contributed by atoms with van der Waals surface area (Å²) in [4.78, 5) is 20.9. The molecule has 0 saturated carbocycles. The number of sulfonamides is 1. The van der Waals surface area contributed by atoms with Crippen LogP contribution in [-0.4, -0.2) is 41.5 Å². The van der Waals surface area contributed by atoms with Gasteiger partial charge in [-0.05, 0) is 17.7 Å². The number of nitrogens with two attached hydrogens (primary N) is 1. The van der Waals surface area contributed by atoms with Gasteiger partial charge in [-0.25, -0.2) is 18.5 Å². The fourth-order valence-corrected chi connectivity index (χ4v) is 3.68. The summed E-state index contributed by atoms with van der Waals surface area (Å²) in [6.07, 6.45) is 3.76. The molecule has 1 saturated heterocycles. The Morgan fingerprint density at radius 2 is 2.29 bits per heavy atom. The molecule has 2 aromatic heterocycles. The van der Waals surface area contributed by atoms with E-state index in [1.807, 2.05) is 18.3 Å². The van der Waals surface area contributed by atoms with Gasteiger partial charge in [0.25, 0.3) is 0 Å². The van der Waals surface area contributed by atoms with Crippen LogP contribution in [0.1, 0.15) is 12.0 Å². The summed E-state index contributed by atoms with van der Waals surface area (Å²) < 4.78 is 22.3. The number of amides is 1. The predicted molar refractivity (Wildman–Crippen MR) is 77.6 cm³/mol. The van der Waals surface area contributed by atoms with Crippen molar-refractivity contribution in [3.05, 3.63) is 30.1 Å². The van der Waals surface area contributed by atoms with Crippen LogP contribution in [0.5, 0.6) is 0 Å². The Kier molecular flexibility index (Phi) is 3.42. The molecule has 21 heavy (non-hydrogen) atoms. The molecule has 0 radical (unpaired) electrons. The van der Waals surface area contributed by atoms with Gasteiger partial charge < -0.3 is 9.88 Å². The van der Waals surface area contributed by atoms with Gasteiger partial charge >= 0.3 is 0 Å². The molecule has 7 nitrogen and oxygen atoms in total. The Balaban J connectivity index is 1.75. The van der Waals surface area contributed by atoms with Gasteiger partial charge in [0.1, 0.15) is 5.65 Å². The molecular weight excluding hydrogens is 292 g/mol. The van der Waals surface area contributed by atoms with Crippen LogP contribution in [0, 0.1) is 5.92 Å². The summed E-state index contributed by atoms with van der Waals surface area (Å²) in [5.74, 6) is -0.414. The average Bonchev–Trinajstić information content (AvgIpc) is 2.93. The zero-order valence-corrected chi connectivity index (χ0v) is 12.1. The van der Waals surface area contributed by atoms with Crippen molar-refractivity contribution in [2.45, 2.75) is 13.0 Å². The number of hydrogen-bond donors (Lipinski definition) is 2. The van der Waals surface area contributed by atoms with E-state index in [0.29, 0.717) is 13.1 Å². The topological polar surface area (TPSA) is 109 Å². The number of nitrogens with one attached hydrogen (secondary N) is 1. The molecule has 0 aliphatic carbocycles. The van der Waals surface area contributed by atoms with Crippen molar-refractivity contribution in [1.29, 1.82) is 0 Å². The van der Waals surface area contributed by atoms with Crippen LogP contribution < -0.4 is 5.14 Å². The second kappa shape index (κ2) is 5.12. The number of pyridine rings is 1. The first-order valence-electron chi connectivity index (χ1n) is 6.61. The van der Waals surface area contributed by atoms with Crippen LogP contribution in [-0.2, 0) is 21.4 Å². The maximum atomic E-state index is 12.0. The molecule has 112 valence electrons. The highest BCUT2D eigenvalue weighted by Crippen LogP contribution is 2.24. The molecule has 1 aliphatic rings. The Hall–Kier alpha value is -1.93. The summed E-state index contributed by atoms with van der Waals surface area (Å²) in [6.45, 7) is 0.869. The molecule has 3 heterocycles. The Morgan fingerprint density at radius 3 is 3.05 bits per heavy atom. The maximum absolute atomic E-state index is 12.0. The van der Waals surface area contributed by atoms with Gasteiger partial charge in [0.05, 0.1) is 5.75 Å². The zero-order valence-electron chi connectivity index (χ0n) is 11.3. The molecule has 0 aromatic carbocycles. The number of aromatic nitrogens is 2. The fourth-order valence-electron chi connectivity index (χ4n) is 2.80. The smallest absolute Gasteiger partial charge is 0.223 e. The lowest BCUT2D eigenvalue weighted by Gasteiger charge is -2.16. The van der Waals surface area contributed by atoms with E-state index in [1.54, 1.807) is 11.1 Å². The Bertz CT molecular complexity index is 784. The van der Waals surface area contributed by atoms with Gasteiger partial charge in [0, 0.05) is 43.2 Å². The van der Waals surface area contributed by atoms with Crippen molar-refractivity contribution in [1.82, 2.24) is 14.9 Å². The van der Waals surface area contributed by atoms with Crippen molar-refractivity contribution in [3.63, 3.8) is 0 Å². The van der Waals surface area contributed by atoms with E-state index in [-0.39, 0.29) is 24.0 Å². The molecule has 1 aliphatic heterocycles.